The molecular formula is C26H34N4O4. The molecule has 0 unspecified atom stereocenters. The van der Waals surface area contributed by atoms with Crippen LogP contribution in [0.25, 0.3) is 0 Å². The minimum Gasteiger partial charge on any atom is -0.497 e. The Morgan fingerprint density at radius 3 is 2.47 bits per heavy atom. The average molecular weight is 467 g/mol. The maximum atomic E-state index is 12.1. The third kappa shape index (κ3) is 7.12. The minimum absolute atomic E-state index is 0.0411. The molecule has 0 aromatic heterocycles. The van der Waals surface area contributed by atoms with Crippen molar-refractivity contribution in [2.24, 2.45) is 5.92 Å². The number of benzene rings is 2. The van der Waals surface area contributed by atoms with Crippen LogP contribution in [0.2, 0.25) is 0 Å². The highest BCUT2D eigenvalue weighted by Gasteiger charge is 2.29. The van der Waals surface area contributed by atoms with Crippen molar-refractivity contribution in [3.05, 3.63) is 48.5 Å². The molecule has 2 aromatic carbocycles. The quantitative estimate of drug-likeness (QED) is 0.496. The number of amides is 2. The third-order valence-electron chi connectivity index (χ3n) is 6.20. The van der Waals surface area contributed by atoms with Crippen molar-refractivity contribution in [2.75, 3.05) is 63.2 Å². The van der Waals surface area contributed by atoms with Crippen LogP contribution in [0.15, 0.2) is 48.5 Å². The van der Waals surface area contributed by atoms with Gasteiger partial charge in [-0.2, -0.15) is 0 Å². The van der Waals surface area contributed by atoms with Crippen LogP contribution in [0, 0.1) is 5.92 Å². The molecule has 2 fully saturated rings. The Kier molecular flexibility index (Phi) is 8.25. The van der Waals surface area contributed by atoms with Gasteiger partial charge in [-0.15, -0.1) is 0 Å². The summed E-state index contributed by atoms with van der Waals surface area (Å²) in [7, 11) is 1.68. The third-order valence-corrected chi connectivity index (χ3v) is 6.20. The molecule has 0 atom stereocenters. The zero-order valence-corrected chi connectivity index (χ0v) is 19.8. The fourth-order valence-corrected chi connectivity index (χ4v) is 4.01. The van der Waals surface area contributed by atoms with Gasteiger partial charge in [-0.3, -0.25) is 14.5 Å². The molecule has 1 saturated heterocycles. The number of piperazine rings is 1. The van der Waals surface area contributed by atoms with E-state index in [0.717, 1.165) is 57.7 Å². The maximum Gasteiger partial charge on any atom is 0.257 e. The molecule has 0 spiro atoms. The molecule has 2 aliphatic rings. The first kappa shape index (κ1) is 23.9. The molecule has 1 heterocycles. The zero-order chi connectivity index (χ0) is 23.8. The SMILES string of the molecule is COc1ccc(N2CCN(CCCNC(=O)COc3cccc(NC(=O)C4CC4)c3)CC2)cc1. The molecule has 0 bridgehead atoms. The van der Waals surface area contributed by atoms with E-state index >= 15 is 0 Å². The van der Waals surface area contributed by atoms with Crippen LogP contribution in [0.4, 0.5) is 11.4 Å². The van der Waals surface area contributed by atoms with Crippen LogP contribution in [0.1, 0.15) is 19.3 Å². The van der Waals surface area contributed by atoms with Crippen LogP contribution >= 0.6 is 0 Å². The van der Waals surface area contributed by atoms with E-state index in [2.05, 4.69) is 32.6 Å². The predicted octanol–water partition coefficient (Wildman–Crippen LogP) is 2.75. The molecular weight excluding hydrogens is 432 g/mol. The van der Waals surface area contributed by atoms with Gasteiger partial charge < -0.3 is 25.0 Å². The molecule has 2 N–H and O–H groups in total. The molecule has 1 saturated carbocycles. The Balaban J connectivity index is 1.08. The summed E-state index contributed by atoms with van der Waals surface area (Å²) in [5.74, 6) is 1.50. The molecule has 8 nitrogen and oxygen atoms in total. The number of nitrogens with one attached hydrogen (secondary N) is 2. The van der Waals surface area contributed by atoms with Crippen LogP contribution in [0.3, 0.4) is 0 Å². The van der Waals surface area contributed by atoms with Gasteiger partial charge in [0.05, 0.1) is 7.11 Å². The van der Waals surface area contributed by atoms with Gasteiger partial charge in [-0.05, 0) is 62.2 Å². The Bertz CT molecular complexity index is 954. The van der Waals surface area contributed by atoms with Crippen LogP contribution in [-0.4, -0.2) is 69.7 Å². The minimum atomic E-state index is -0.142. The second kappa shape index (κ2) is 11.7. The lowest BCUT2D eigenvalue weighted by atomic mass is 10.2. The van der Waals surface area contributed by atoms with Crippen molar-refractivity contribution in [3.8, 4) is 11.5 Å². The van der Waals surface area contributed by atoms with E-state index in [4.69, 9.17) is 9.47 Å². The first-order valence-corrected chi connectivity index (χ1v) is 12.0. The zero-order valence-electron chi connectivity index (χ0n) is 19.8. The standard InChI is InChI=1S/C26H34N4O4/c1-33-23-10-8-22(9-11-23)30-16-14-29(15-17-30)13-3-12-27-25(31)19-34-24-5-2-4-21(18-24)28-26(32)20-6-7-20/h2,4-5,8-11,18,20H,3,6-7,12-17,19H2,1H3,(H,27,31)(H,28,32). The van der Waals surface area contributed by atoms with Gasteiger partial charge in [0.2, 0.25) is 5.91 Å². The Morgan fingerprint density at radius 2 is 1.76 bits per heavy atom. The monoisotopic (exact) mass is 466 g/mol. The first-order chi connectivity index (χ1) is 16.6. The summed E-state index contributed by atoms with van der Waals surface area (Å²) >= 11 is 0. The van der Waals surface area contributed by atoms with Crippen molar-refractivity contribution in [1.29, 1.82) is 0 Å². The number of nitrogens with zero attached hydrogens (tertiary/aromatic N) is 2. The van der Waals surface area contributed by atoms with Crippen LogP contribution < -0.4 is 25.0 Å². The maximum absolute atomic E-state index is 12.1. The van der Waals surface area contributed by atoms with Gasteiger partial charge >= 0.3 is 0 Å². The summed E-state index contributed by atoms with van der Waals surface area (Å²) in [6.07, 6.45) is 2.82. The summed E-state index contributed by atoms with van der Waals surface area (Å²) in [5.41, 5.74) is 1.92. The number of carbonyl (C=O) groups excluding carboxylic acids is 2. The summed E-state index contributed by atoms with van der Waals surface area (Å²) in [5, 5.41) is 5.81. The second-order valence-corrected chi connectivity index (χ2v) is 8.81. The lowest BCUT2D eigenvalue weighted by Gasteiger charge is -2.36. The van der Waals surface area contributed by atoms with Crippen molar-refractivity contribution >= 4 is 23.2 Å². The molecule has 8 heteroatoms. The predicted molar refractivity (Wildman–Crippen MR) is 133 cm³/mol. The number of methoxy groups -OCH3 is 1. The Morgan fingerprint density at radius 1 is 1.00 bits per heavy atom. The van der Waals surface area contributed by atoms with Crippen molar-refractivity contribution in [3.63, 3.8) is 0 Å². The lowest BCUT2D eigenvalue weighted by Crippen LogP contribution is -2.47. The number of hydrogen-bond donors (Lipinski definition) is 2. The van der Waals surface area contributed by atoms with E-state index in [9.17, 15) is 9.59 Å². The number of anilines is 2. The van der Waals surface area contributed by atoms with E-state index in [0.29, 0.717) is 18.0 Å². The summed E-state index contributed by atoms with van der Waals surface area (Å²) < 4.78 is 10.8. The molecule has 4 rings (SSSR count). The van der Waals surface area contributed by atoms with Gasteiger partial charge in [0.25, 0.3) is 5.91 Å². The summed E-state index contributed by atoms with van der Waals surface area (Å²) in [6.45, 7) is 5.55. The second-order valence-electron chi connectivity index (χ2n) is 8.81. The Labute approximate surface area is 201 Å². The average Bonchev–Trinajstić information content (AvgIpc) is 3.72. The normalized spacial score (nSPS) is 16.1. The topological polar surface area (TPSA) is 83.1 Å². The van der Waals surface area contributed by atoms with Gasteiger partial charge in [0.1, 0.15) is 11.5 Å². The van der Waals surface area contributed by atoms with E-state index < -0.39 is 0 Å². The number of rotatable bonds is 11. The molecule has 2 aromatic rings. The molecule has 34 heavy (non-hydrogen) atoms. The summed E-state index contributed by atoms with van der Waals surface area (Å²) in [6, 6.07) is 15.4. The number of ether oxygens (including phenoxy) is 2. The van der Waals surface area contributed by atoms with E-state index in [1.54, 1.807) is 19.2 Å². The fraction of sp³-hybridized carbons (Fsp3) is 0.462. The van der Waals surface area contributed by atoms with E-state index in [1.807, 2.05) is 24.3 Å². The molecule has 182 valence electrons. The highest BCUT2D eigenvalue weighted by Crippen LogP contribution is 2.30. The highest BCUT2D eigenvalue weighted by molar-refractivity contribution is 5.94. The van der Waals surface area contributed by atoms with Crippen molar-refractivity contribution < 1.29 is 19.1 Å². The number of hydrogen-bond acceptors (Lipinski definition) is 6. The molecule has 0 radical (unpaired) electrons. The van der Waals surface area contributed by atoms with Gasteiger partial charge in [0, 0.05) is 56.1 Å². The smallest absolute Gasteiger partial charge is 0.257 e. The van der Waals surface area contributed by atoms with Crippen molar-refractivity contribution in [1.82, 2.24) is 10.2 Å². The van der Waals surface area contributed by atoms with E-state index in [-0.39, 0.29) is 24.3 Å². The largest absolute Gasteiger partial charge is 0.497 e. The highest BCUT2D eigenvalue weighted by atomic mass is 16.5. The van der Waals surface area contributed by atoms with E-state index in [1.165, 1.54) is 5.69 Å². The molecule has 1 aliphatic carbocycles. The molecule has 2 amide bonds. The lowest BCUT2D eigenvalue weighted by molar-refractivity contribution is -0.123. The van der Waals surface area contributed by atoms with Gasteiger partial charge in [-0.25, -0.2) is 0 Å². The van der Waals surface area contributed by atoms with Gasteiger partial charge in [-0.1, -0.05) is 6.07 Å². The summed E-state index contributed by atoms with van der Waals surface area (Å²) in [4.78, 5) is 28.9. The fourth-order valence-electron chi connectivity index (χ4n) is 4.01. The first-order valence-electron chi connectivity index (χ1n) is 12.0. The van der Waals surface area contributed by atoms with Crippen LogP contribution in [0.5, 0.6) is 11.5 Å². The van der Waals surface area contributed by atoms with Gasteiger partial charge in [0.15, 0.2) is 6.61 Å². The van der Waals surface area contributed by atoms with Crippen molar-refractivity contribution in [2.45, 2.75) is 19.3 Å². The van der Waals surface area contributed by atoms with Crippen LogP contribution in [-0.2, 0) is 9.59 Å². The molecule has 1 aliphatic heterocycles. The Hall–Kier alpha value is -3.26. The number of carbonyl (C=O) groups is 2.